The van der Waals surface area contributed by atoms with Gasteiger partial charge in [0.05, 0.1) is 8.07 Å². The molecule has 1 aromatic carbocycles. The van der Waals surface area contributed by atoms with Gasteiger partial charge in [-0.1, -0.05) is 77.9 Å². The molecule has 27 heavy (non-hydrogen) atoms. The highest BCUT2D eigenvalue weighted by atomic mass is 28.3. The van der Waals surface area contributed by atoms with E-state index >= 15 is 0 Å². The molecule has 0 aliphatic rings. The average molecular weight is 391 g/mol. The zero-order valence-electron chi connectivity index (χ0n) is 17.5. The number of benzene rings is 1. The quantitative estimate of drug-likeness (QED) is 0.246. The van der Waals surface area contributed by atoms with Crippen LogP contribution in [0, 0.1) is 17.8 Å². The Hall–Kier alpha value is -1.88. The molecule has 5 heteroatoms. The number of rotatable bonds is 10. The van der Waals surface area contributed by atoms with Crippen molar-refractivity contribution in [2.24, 2.45) is 17.8 Å². The molecule has 0 saturated carbocycles. The van der Waals surface area contributed by atoms with Crippen LogP contribution in [0.15, 0.2) is 41.6 Å². The number of aliphatic carboxylic acids is 1. The van der Waals surface area contributed by atoms with E-state index in [0.29, 0.717) is 28.7 Å². The average Bonchev–Trinajstić information content (AvgIpc) is 2.51. The van der Waals surface area contributed by atoms with E-state index in [1.54, 1.807) is 24.3 Å². The van der Waals surface area contributed by atoms with Crippen molar-refractivity contribution in [1.82, 2.24) is 0 Å². The molecule has 150 valence electrons. The second-order valence-electron chi connectivity index (χ2n) is 8.67. The van der Waals surface area contributed by atoms with Crippen LogP contribution in [0.4, 0.5) is 0 Å². The molecule has 4 nitrogen and oxygen atoms in total. The molecule has 1 rings (SSSR count). The third kappa shape index (κ3) is 7.71. The van der Waals surface area contributed by atoms with Gasteiger partial charge < -0.3 is 9.84 Å². The van der Waals surface area contributed by atoms with E-state index in [1.165, 1.54) is 0 Å². The summed E-state index contributed by atoms with van der Waals surface area (Å²) >= 11 is 0. The van der Waals surface area contributed by atoms with Gasteiger partial charge in [0.2, 0.25) is 0 Å². The molecule has 0 radical (unpaired) electrons. The summed E-state index contributed by atoms with van der Waals surface area (Å²) in [5.74, 6) is 0.0170. The van der Waals surface area contributed by atoms with Crippen LogP contribution >= 0.6 is 0 Å². The van der Waals surface area contributed by atoms with Gasteiger partial charge in [0.1, 0.15) is 5.75 Å². The van der Waals surface area contributed by atoms with E-state index in [-0.39, 0.29) is 0 Å². The van der Waals surface area contributed by atoms with Crippen molar-refractivity contribution < 1.29 is 19.4 Å². The van der Waals surface area contributed by atoms with E-state index < -0.39 is 20.0 Å². The molecule has 0 unspecified atom stereocenters. The van der Waals surface area contributed by atoms with Crippen molar-refractivity contribution >= 4 is 20.0 Å². The van der Waals surface area contributed by atoms with E-state index in [2.05, 4.69) is 41.5 Å². The molecule has 0 heterocycles. The monoisotopic (exact) mass is 390 g/mol. The number of hydrogen-bond donors (Lipinski definition) is 1. The lowest BCUT2D eigenvalue weighted by atomic mass is 10.2. The zero-order chi connectivity index (χ0) is 20.6. The van der Waals surface area contributed by atoms with Gasteiger partial charge in [0.15, 0.2) is 0 Å². The second-order valence-corrected chi connectivity index (χ2v) is 13.0. The van der Waals surface area contributed by atoms with Gasteiger partial charge in [0.25, 0.3) is 0 Å². The number of para-hydroxylation sites is 1. The molecular weight excluding hydrogens is 356 g/mol. The molecule has 0 aromatic heterocycles. The Balaban J connectivity index is 3.44. The largest absolute Gasteiger partial charge is 0.478 e. The lowest BCUT2D eigenvalue weighted by Crippen LogP contribution is -2.45. The molecule has 0 aliphatic carbocycles. The maximum absolute atomic E-state index is 13.1. The smallest absolute Gasteiger partial charge is 0.335 e. The Bertz CT molecular complexity index is 621. The van der Waals surface area contributed by atoms with Gasteiger partial charge in [-0.15, -0.1) is 0 Å². The molecule has 0 atom stereocenters. The summed E-state index contributed by atoms with van der Waals surface area (Å²) in [5.41, 5.74) is 0. The van der Waals surface area contributed by atoms with Crippen molar-refractivity contribution in [1.29, 1.82) is 0 Å². The SMILES string of the molecule is CC(C)C[Si](CC(C)C)(CC(C)C)/C(=C/C(=O)O)C(=O)Oc1ccccc1. The molecule has 0 aliphatic heterocycles. The summed E-state index contributed by atoms with van der Waals surface area (Å²) in [6.07, 6.45) is 1.13. The molecular formula is C22H34O4Si. The first-order valence-electron chi connectivity index (χ1n) is 9.78. The molecule has 0 spiro atoms. The highest BCUT2D eigenvalue weighted by Crippen LogP contribution is 2.38. The minimum absolute atomic E-state index is 0.385. The maximum atomic E-state index is 13.1. The number of hydrogen-bond acceptors (Lipinski definition) is 3. The molecule has 1 aromatic rings. The van der Waals surface area contributed by atoms with E-state index in [0.717, 1.165) is 24.2 Å². The topological polar surface area (TPSA) is 63.6 Å². The number of carboxylic acid groups (broad SMARTS) is 1. The summed E-state index contributed by atoms with van der Waals surface area (Å²) in [5, 5.41) is 9.91. The number of ether oxygens (including phenoxy) is 1. The van der Waals surface area contributed by atoms with E-state index in [9.17, 15) is 14.7 Å². The Kier molecular flexibility index (Phi) is 8.96. The first-order chi connectivity index (χ1) is 12.6. The van der Waals surface area contributed by atoms with Gasteiger partial charge in [0, 0.05) is 11.3 Å². The van der Waals surface area contributed by atoms with E-state index in [4.69, 9.17) is 4.74 Å². The van der Waals surface area contributed by atoms with Crippen LogP contribution in [0.3, 0.4) is 0 Å². The van der Waals surface area contributed by atoms with Crippen molar-refractivity contribution in [2.75, 3.05) is 0 Å². The summed E-state index contributed by atoms with van der Waals surface area (Å²) in [6.45, 7) is 12.9. The van der Waals surface area contributed by atoms with Crippen molar-refractivity contribution in [3.8, 4) is 5.75 Å². The standard InChI is InChI=1S/C22H34O4Si/c1-16(2)13-27(14-17(3)4,15-18(5)6)20(12-21(23)24)22(25)26-19-10-8-7-9-11-19/h7-12,16-18H,13-15H2,1-6H3,(H,23,24)/b20-12+. The highest BCUT2D eigenvalue weighted by Gasteiger charge is 2.43. The zero-order valence-corrected chi connectivity index (χ0v) is 18.5. The summed E-state index contributed by atoms with van der Waals surface area (Å²) in [4.78, 5) is 24.7. The van der Waals surface area contributed by atoms with Crippen molar-refractivity contribution in [3.63, 3.8) is 0 Å². The Labute approximate surface area is 164 Å². The van der Waals surface area contributed by atoms with Crippen molar-refractivity contribution in [3.05, 3.63) is 41.6 Å². The molecule has 0 saturated heterocycles. The summed E-state index contributed by atoms with van der Waals surface area (Å²) < 4.78 is 5.59. The van der Waals surface area contributed by atoms with Crippen molar-refractivity contribution in [2.45, 2.75) is 59.7 Å². The van der Waals surface area contributed by atoms with Gasteiger partial charge in [-0.05, 0) is 29.9 Å². The number of carbonyl (C=O) groups excluding carboxylic acids is 1. The van der Waals surface area contributed by atoms with Gasteiger partial charge in [-0.2, -0.15) is 0 Å². The van der Waals surface area contributed by atoms with Gasteiger partial charge >= 0.3 is 11.9 Å². The second kappa shape index (κ2) is 10.5. The normalized spacial score (nSPS) is 12.7. The van der Waals surface area contributed by atoms with Gasteiger partial charge in [-0.3, -0.25) is 0 Å². The lowest BCUT2D eigenvalue weighted by molar-refractivity contribution is -0.133. The maximum Gasteiger partial charge on any atom is 0.335 e. The number of carboxylic acids is 1. The predicted molar refractivity (Wildman–Crippen MR) is 112 cm³/mol. The van der Waals surface area contributed by atoms with Crippen LogP contribution in [0.25, 0.3) is 0 Å². The minimum Gasteiger partial charge on any atom is -0.478 e. The van der Waals surface area contributed by atoms with Crippen LogP contribution in [-0.4, -0.2) is 25.1 Å². The highest BCUT2D eigenvalue weighted by molar-refractivity contribution is 6.90. The molecule has 1 N–H and O–H groups in total. The van der Waals surface area contributed by atoms with Crippen LogP contribution in [0.1, 0.15) is 41.5 Å². The number of esters is 1. The minimum atomic E-state index is -2.39. The van der Waals surface area contributed by atoms with Gasteiger partial charge in [-0.25, -0.2) is 9.59 Å². The molecule has 0 amide bonds. The fraction of sp³-hybridized carbons (Fsp3) is 0.545. The Morgan fingerprint density at radius 3 is 1.74 bits per heavy atom. The third-order valence-electron chi connectivity index (χ3n) is 4.41. The molecule has 0 fully saturated rings. The van der Waals surface area contributed by atoms with E-state index in [1.807, 2.05) is 6.07 Å². The van der Waals surface area contributed by atoms with Crippen LogP contribution in [-0.2, 0) is 9.59 Å². The van der Waals surface area contributed by atoms with Crippen LogP contribution in [0.2, 0.25) is 18.1 Å². The summed E-state index contributed by atoms with van der Waals surface area (Å²) in [7, 11) is -2.39. The third-order valence-corrected chi connectivity index (χ3v) is 10.7. The summed E-state index contributed by atoms with van der Waals surface area (Å²) in [6, 6.07) is 11.5. The number of carbonyl (C=O) groups is 2. The predicted octanol–water partition coefficient (Wildman–Crippen LogP) is 5.56. The Morgan fingerprint density at radius 2 is 1.37 bits per heavy atom. The van der Waals surface area contributed by atoms with Crippen LogP contribution in [0.5, 0.6) is 5.75 Å². The van der Waals surface area contributed by atoms with Crippen LogP contribution < -0.4 is 4.74 Å². The first-order valence-corrected chi connectivity index (χ1v) is 12.4. The molecule has 0 bridgehead atoms. The lowest BCUT2D eigenvalue weighted by Gasteiger charge is -2.37. The Morgan fingerprint density at radius 1 is 0.926 bits per heavy atom. The first kappa shape index (κ1) is 23.2. The fourth-order valence-electron chi connectivity index (χ4n) is 4.13. The fourth-order valence-corrected chi connectivity index (χ4v) is 10.9.